The van der Waals surface area contributed by atoms with E-state index in [0.29, 0.717) is 50.2 Å². The largest absolute Gasteiger partial charge is 0.343 e. The van der Waals surface area contributed by atoms with E-state index in [1.54, 1.807) is 37.7 Å². The Kier molecular flexibility index (Phi) is 20.7. The Balaban J connectivity index is 0.734. The molecule has 3 aromatic carbocycles. The van der Waals surface area contributed by atoms with Crippen LogP contribution in [0.5, 0.6) is 0 Å². The van der Waals surface area contributed by atoms with Crippen LogP contribution in [0.1, 0.15) is 162 Å². The third-order valence-corrected chi connectivity index (χ3v) is 17.3. The molecule has 20 nitrogen and oxygen atoms in total. The van der Waals surface area contributed by atoms with Gasteiger partial charge in [-0.2, -0.15) is 0 Å². The van der Waals surface area contributed by atoms with Gasteiger partial charge in [0, 0.05) is 25.2 Å². The summed E-state index contributed by atoms with van der Waals surface area (Å²) in [5.41, 5.74) is 5.53. The number of amides is 6. The van der Waals surface area contributed by atoms with Crippen LogP contribution in [-0.4, -0.2) is 138 Å². The van der Waals surface area contributed by atoms with Gasteiger partial charge in [0.2, 0.25) is 35.4 Å². The first-order chi connectivity index (χ1) is 39.9. The van der Waals surface area contributed by atoms with E-state index in [1.807, 2.05) is 82.4 Å². The van der Waals surface area contributed by atoms with Gasteiger partial charge in [-0.15, -0.1) is 10.2 Å². The quantitative estimate of drug-likeness (QED) is 0.0427. The highest BCUT2D eigenvalue weighted by Crippen LogP contribution is 2.34. The van der Waals surface area contributed by atoms with E-state index in [0.717, 1.165) is 101 Å². The average molecular weight is 1120 g/mol. The summed E-state index contributed by atoms with van der Waals surface area (Å²) in [6.07, 6.45) is 18.2. The van der Waals surface area contributed by atoms with Crippen molar-refractivity contribution in [3.63, 3.8) is 0 Å². The number of fused-ring (bicyclic) bond motifs is 2. The molecule has 4 fully saturated rings. The van der Waals surface area contributed by atoms with E-state index in [1.165, 1.54) is 11.1 Å². The molecular formula is C62H84N14O6. The first-order valence-electron chi connectivity index (χ1n) is 30.1. The van der Waals surface area contributed by atoms with E-state index in [4.69, 9.17) is 0 Å². The first kappa shape index (κ1) is 59.3. The van der Waals surface area contributed by atoms with Gasteiger partial charge in [0.1, 0.15) is 35.6 Å². The van der Waals surface area contributed by atoms with Crippen LogP contribution in [0.4, 0.5) is 0 Å². The van der Waals surface area contributed by atoms with Crippen LogP contribution in [0.15, 0.2) is 97.3 Å². The Bertz CT molecular complexity index is 2720. The molecule has 10 atom stereocenters. The molecule has 0 saturated carbocycles. The minimum atomic E-state index is -0.676. The van der Waals surface area contributed by atoms with Crippen molar-refractivity contribution < 1.29 is 28.8 Å². The molecular weight excluding hydrogens is 1040 g/mol. The van der Waals surface area contributed by atoms with Crippen LogP contribution >= 0.6 is 0 Å². The maximum Gasteiger partial charge on any atom is 0.246 e. The van der Waals surface area contributed by atoms with Gasteiger partial charge in [0.15, 0.2) is 0 Å². The third kappa shape index (κ3) is 14.8. The Hall–Kier alpha value is -7.32. The average Bonchev–Trinajstić information content (AvgIpc) is 4.39. The minimum Gasteiger partial charge on any atom is -0.343 e. The number of benzene rings is 3. The molecule has 5 aromatic rings. The number of nitrogens with one attached hydrogen (secondary N) is 6. The van der Waals surface area contributed by atoms with Gasteiger partial charge in [-0.3, -0.25) is 38.1 Å². The fourth-order valence-electron chi connectivity index (χ4n) is 12.3. The van der Waals surface area contributed by atoms with Crippen molar-refractivity contribution in [2.24, 2.45) is 0 Å². The van der Waals surface area contributed by atoms with Crippen molar-refractivity contribution in [2.75, 3.05) is 14.1 Å². The number of hydrogen-bond acceptors (Lipinski definition) is 12. The topological polar surface area (TPSA) is 242 Å². The van der Waals surface area contributed by atoms with E-state index in [9.17, 15) is 28.8 Å². The molecule has 20 heteroatoms. The molecule has 4 aliphatic heterocycles. The zero-order valence-electron chi connectivity index (χ0n) is 48.2. The van der Waals surface area contributed by atoms with Crippen molar-refractivity contribution in [1.82, 2.24) is 71.7 Å². The molecule has 0 radical (unpaired) electrons. The lowest BCUT2D eigenvalue weighted by Crippen LogP contribution is -2.58. The van der Waals surface area contributed by atoms with Crippen molar-refractivity contribution in [3.8, 4) is 0 Å². The highest BCUT2D eigenvalue weighted by molar-refractivity contribution is 5.95. The zero-order valence-corrected chi connectivity index (χ0v) is 48.2. The van der Waals surface area contributed by atoms with Crippen LogP contribution < -0.4 is 31.9 Å². The molecule has 6 amide bonds. The summed E-state index contributed by atoms with van der Waals surface area (Å²) < 4.78 is 3.68. The highest BCUT2D eigenvalue weighted by Gasteiger charge is 2.46. The lowest BCUT2D eigenvalue weighted by molar-refractivity contribution is -0.144. The molecule has 2 aromatic heterocycles. The summed E-state index contributed by atoms with van der Waals surface area (Å²) in [5, 5.41) is 36.4. The molecule has 0 bridgehead atoms. The summed E-state index contributed by atoms with van der Waals surface area (Å²) in [7, 11) is 3.43. The van der Waals surface area contributed by atoms with Gasteiger partial charge >= 0.3 is 0 Å². The second-order valence-electron chi connectivity index (χ2n) is 22.9. The van der Waals surface area contributed by atoms with Crippen molar-refractivity contribution in [2.45, 2.75) is 203 Å². The number of aryl methyl sites for hydroxylation is 4. The van der Waals surface area contributed by atoms with Crippen molar-refractivity contribution in [1.29, 1.82) is 0 Å². The second kappa shape index (κ2) is 28.6. The summed E-state index contributed by atoms with van der Waals surface area (Å²) in [6.45, 7) is 4.86. The molecule has 0 spiro atoms. The second-order valence-corrected chi connectivity index (χ2v) is 22.9. The lowest BCUT2D eigenvalue weighted by atomic mass is 9.98. The molecule has 82 heavy (non-hydrogen) atoms. The number of hydrogen-bond donors (Lipinski definition) is 6. The van der Waals surface area contributed by atoms with Crippen LogP contribution in [0.3, 0.4) is 0 Å². The predicted octanol–water partition coefficient (Wildman–Crippen LogP) is 5.38. The van der Waals surface area contributed by atoms with Gasteiger partial charge in [-0.1, -0.05) is 121 Å². The molecule has 4 saturated heterocycles. The maximum absolute atomic E-state index is 14.3. The number of rotatable bonds is 24. The standard InChI is InChI=1S/C62H84N14O6/c1-41(63-3)57(77)65-49-27-13-11-25-47-33-35-53(75(47)61(49)81)59(79)67-55(45-21-7-5-8-22-45)51-39-73(71-69-51)37-17-15-19-43-29-31-44(32-30-43)20-16-18-38-74-40-52(70-72-74)56(46-23-9-6-10-24-46)68-60(80)54-36-34-48-26-12-14-28-50(62(82)76(48)54)66-58(78)42(2)64-4/h5-10,21-24,29-32,39-42,47-50,53-56,63-64H,11-20,25-28,33-38H2,1-4H3,(H,65,77)(H,66,78)(H,67,79)(H,68,80)/t41-,42-,47?,48?,49?,50?,53-,54-,55-,56-/m0/s1. The SMILES string of the molecule is CN[C@@H](C)C(=O)NC1CCCCC2CC[C@@H](C(=O)N[C@@H](c3ccccc3)c3cn(CCCCc4ccc(CCCCn5cc([C@@H](NC(=O)[C@@H]6CCC7CCCCC(NC(=O)[C@H](C)NC)C(=O)N76)c6ccccc6)nn5)cc4)nn3)N2C1=O. The molecule has 4 unspecified atom stereocenters. The van der Waals surface area contributed by atoms with Gasteiger partial charge in [-0.05, 0) is 140 Å². The Morgan fingerprint density at radius 3 is 1.29 bits per heavy atom. The first-order valence-corrected chi connectivity index (χ1v) is 30.1. The summed E-state index contributed by atoms with van der Waals surface area (Å²) in [6, 6.07) is 23.5. The number of likely N-dealkylation sites (N-methyl/N-ethyl adjacent to an activating group) is 2. The Labute approximate surface area is 482 Å². The van der Waals surface area contributed by atoms with Crippen LogP contribution in [0.25, 0.3) is 0 Å². The molecule has 6 N–H and O–H groups in total. The summed E-state index contributed by atoms with van der Waals surface area (Å²) >= 11 is 0. The predicted molar refractivity (Wildman–Crippen MR) is 310 cm³/mol. The third-order valence-electron chi connectivity index (χ3n) is 17.3. The fourth-order valence-corrected chi connectivity index (χ4v) is 12.3. The molecule has 4 aliphatic rings. The van der Waals surface area contributed by atoms with E-state index in [-0.39, 0.29) is 47.5 Å². The highest BCUT2D eigenvalue weighted by atomic mass is 16.2. The van der Waals surface area contributed by atoms with Crippen molar-refractivity contribution >= 4 is 35.4 Å². The van der Waals surface area contributed by atoms with Crippen LogP contribution in [-0.2, 0) is 54.7 Å². The number of unbranched alkanes of at least 4 members (excludes halogenated alkanes) is 2. The fraction of sp³-hybridized carbons (Fsp3) is 0.548. The number of carbonyl (C=O) groups is 6. The van der Waals surface area contributed by atoms with Crippen LogP contribution in [0.2, 0.25) is 0 Å². The van der Waals surface area contributed by atoms with Gasteiger partial charge in [-0.25, -0.2) is 0 Å². The smallest absolute Gasteiger partial charge is 0.246 e. The molecule has 0 aliphatic carbocycles. The summed E-state index contributed by atoms with van der Waals surface area (Å²) in [4.78, 5) is 86.0. The van der Waals surface area contributed by atoms with Crippen LogP contribution in [0, 0.1) is 0 Å². The summed E-state index contributed by atoms with van der Waals surface area (Å²) in [5.74, 6) is -1.31. The van der Waals surface area contributed by atoms with E-state index >= 15 is 0 Å². The van der Waals surface area contributed by atoms with Gasteiger partial charge in [0.05, 0.1) is 36.6 Å². The van der Waals surface area contributed by atoms with Crippen molar-refractivity contribution in [3.05, 3.63) is 131 Å². The minimum absolute atomic E-state index is 0.0483. The molecule has 6 heterocycles. The molecule has 9 rings (SSSR count). The number of carbonyl (C=O) groups excluding carboxylic acids is 6. The van der Waals surface area contributed by atoms with Gasteiger partial charge < -0.3 is 41.7 Å². The molecule has 438 valence electrons. The van der Waals surface area contributed by atoms with E-state index < -0.39 is 48.3 Å². The normalized spacial score (nSPS) is 22.5. The number of aromatic nitrogens is 6. The number of nitrogens with zero attached hydrogens (tertiary/aromatic N) is 8. The monoisotopic (exact) mass is 1120 g/mol. The zero-order chi connectivity index (χ0) is 57.5. The lowest BCUT2D eigenvalue weighted by Gasteiger charge is -2.36. The maximum atomic E-state index is 14.3. The van der Waals surface area contributed by atoms with Gasteiger partial charge in [0.25, 0.3) is 0 Å². The Morgan fingerprint density at radius 2 is 0.902 bits per heavy atom. The van der Waals surface area contributed by atoms with E-state index in [2.05, 4.69) is 76.8 Å². The Morgan fingerprint density at radius 1 is 0.512 bits per heavy atom.